The van der Waals surface area contributed by atoms with Crippen molar-refractivity contribution in [3.8, 4) is 5.75 Å². The van der Waals surface area contributed by atoms with Crippen molar-refractivity contribution in [2.24, 2.45) is 0 Å². The molecule has 0 bridgehead atoms. The average Bonchev–Trinajstić information content (AvgIpc) is 2.47. The quantitative estimate of drug-likeness (QED) is 0.863. The van der Waals surface area contributed by atoms with Gasteiger partial charge in [-0.1, -0.05) is 13.0 Å². The molecule has 1 fully saturated rings. The van der Waals surface area contributed by atoms with E-state index < -0.39 is 0 Å². The lowest BCUT2D eigenvalue weighted by Crippen LogP contribution is -2.42. The lowest BCUT2D eigenvalue weighted by Gasteiger charge is -2.32. The molecule has 0 saturated carbocycles. The van der Waals surface area contributed by atoms with Gasteiger partial charge >= 0.3 is 0 Å². The third-order valence-electron chi connectivity index (χ3n) is 3.40. The number of ether oxygens (including phenoxy) is 1. The Morgan fingerprint density at radius 3 is 3.05 bits per heavy atom. The summed E-state index contributed by atoms with van der Waals surface area (Å²) >= 11 is 1.94. The summed E-state index contributed by atoms with van der Waals surface area (Å²) in [6, 6.07) is 5.34. The Balaban J connectivity index is 2.19. The fourth-order valence-corrected chi connectivity index (χ4v) is 3.41. The summed E-state index contributed by atoms with van der Waals surface area (Å²) in [5, 5.41) is 0.532. The van der Waals surface area contributed by atoms with Crippen molar-refractivity contribution in [2.45, 2.75) is 18.6 Å². The summed E-state index contributed by atoms with van der Waals surface area (Å²) in [5.74, 6) is 1.56. The van der Waals surface area contributed by atoms with Crippen LogP contribution in [0.2, 0.25) is 0 Å². The third-order valence-corrected chi connectivity index (χ3v) is 4.77. The second-order valence-corrected chi connectivity index (χ2v) is 5.98. The number of amides is 1. The first kappa shape index (κ1) is 14.1. The molecule has 4 nitrogen and oxygen atoms in total. The number of nitrogens with zero attached hydrogens (tertiary/aromatic N) is 1. The summed E-state index contributed by atoms with van der Waals surface area (Å²) in [6.07, 6.45) is 1.09. The van der Waals surface area contributed by atoms with Gasteiger partial charge in [0.05, 0.1) is 18.4 Å². The number of para-hydroxylation sites is 1. The van der Waals surface area contributed by atoms with E-state index in [0.717, 1.165) is 25.3 Å². The number of carbonyl (C=O) groups excluding carboxylic acids is 1. The second kappa shape index (κ2) is 6.19. The molecule has 2 N–H and O–H groups in total. The first-order valence-electron chi connectivity index (χ1n) is 6.50. The molecule has 1 aliphatic rings. The van der Waals surface area contributed by atoms with Gasteiger partial charge in [0.25, 0.3) is 5.91 Å². The Labute approximate surface area is 118 Å². The maximum atomic E-state index is 12.5. The molecule has 0 aliphatic carbocycles. The molecule has 104 valence electrons. The van der Waals surface area contributed by atoms with Crippen molar-refractivity contribution >= 4 is 23.4 Å². The third kappa shape index (κ3) is 2.97. The molecule has 1 atom stereocenters. The predicted octanol–water partition coefficient (Wildman–Crippen LogP) is 2.25. The minimum Gasteiger partial charge on any atom is -0.495 e. The highest BCUT2D eigenvalue weighted by Gasteiger charge is 2.25. The Kier molecular flexibility index (Phi) is 4.58. The van der Waals surface area contributed by atoms with Crippen LogP contribution < -0.4 is 10.5 Å². The van der Waals surface area contributed by atoms with E-state index in [9.17, 15) is 4.79 Å². The Morgan fingerprint density at radius 1 is 1.58 bits per heavy atom. The van der Waals surface area contributed by atoms with Crippen LogP contribution in [0.15, 0.2) is 18.2 Å². The molecule has 1 aliphatic heterocycles. The SMILES string of the molecule is CCC1CN(C(=O)c2cccc(OC)c2N)CCS1. The minimum atomic E-state index is 0.00940. The van der Waals surface area contributed by atoms with Gasteiger partial charge in [0.15, 0.2) is 0 Å². The fourth-order valence-electron chi connectivity index (χ4n) is 2.23. The molecular weight excluding hydrogens is 260 g/mol. The standard InChI is InChI=1S/C14H20N2O2S/c1-3-10-9-16(7-8-19-10)14(17)11-5-4-6-12(18-2)13(11)15/h4-6,10H,3,7-9,15H2,1-2H3. The number of nitrogens with two attached hydrogens (primary N) is 1. The zero-order valence-corrected chi connectivity index (χ0v) is 12.2. The molecule has 5 heteroatoms. The van der Waals surface area contributed by atoms with Gasteiger partial charge in [-0.2, -0.15) is 11.8 Å². The molecule has 2 rings (SSSR count). The van der Waals surface area contributed by atoms with Crippen molar-refractivity contribution < 1.29 is 9.53 Å². The maximum Gasteiger partial charge on any atom is 0.256 e. The smallest absolute Gasteiger partial charge is 0.256 e. The second-order valence-electron chi connectivity index (χ2n) is 4.57. The first-order valence-corrected chi connectivity index (χ1v) is 7.55. The Morgan fingerprint density at radius 2 is 2.37 bits per heavy atom. The monoisotopic (exact) mass is 280 g/mol. The summed E-state index contributed by atoms with van der Waals surface area (Å²) < 4.78 is 5.17. The number of thioether (sulfide) groups is 1. The summed E-state index contributed by atoms with van der Waals surface area (Å²) in [4.78, 5) is 14.4. The van der Waals surface area contributed by atoms with E-state index in [4.69, 9.17) is 10.5 Å². The van der Waals surface area contributed by atoms with Gasteiger partial charge in [-0.05, 0) is 18.6 Å². The Hall–Kier alpha value is -1.36. The topological polar surface area (TPSA) is 55.6 Å². The molecule has 1 unspecified atom stereocenters. The van der Waals surface area contributed by atoms with Crippen LogP contribution in [-0.2, 0) is 0 Å². The van der Waals surface area contributed by atoms with E-state index in [1.54, 1.807) is 25.3 Å². The van der Waals surface area contributed by atoms with Gasteiger partial charge in [-0.15, -0.1) is 0 Å². The molecule has 1 heterocycles. The van der Waals surface area contributed by atoms with Gasteiger partial charge in [-0.25, -0.2) is 0 Å². The van der Waals surface area contributed by atoms with E-state index in [-0.39, 0.29) is 5.91 Å². The normalized spacial score (nSPS) is 19.3. The van der Waals surface area contributed by atoms with Crippen molar-refractivity contribution in [1.82, 2.24) is 4.90 Å². The van der Waals surface area contributed by atoms with Gasteiger partial charge in [0.1, 0.15) is 5.75 Å². The van der Waals surface area contributed by atoms with Crippen LogP contribution in [0.25, 0.3) is 0 Å². The molecule has 0 radical (unpaired) electrons. The van der Waals surface area contributed by atoms with Crippen LogP contribution in [-0.4, -0.2) is 42.0 Å². The zero-order chi connectivity index (χ0) is 13.8. The van der Waals surface area contributed by atoms with Crippen molar-refractivity contribution in [3.05, 3.63) is 23.8 Å². The van der Waals surface area contributed by atoms with Gasteiger partial charge in [0, 0.05) is 24.1 Å². The molecule has 19 heavy (non-hydrogen) atoms. The molecular formula is C14H20N2O2S. The molecule has 1 aromatic carbocycles. The predicted molar refractivity (Wildman–Crippen MR) is 79.8 cm³/mol. The first-order chi connectivity index (χ1) is 9.17. The number of benzene rings is 1. The van der Waals surface area contributed by atoms with Gasteiger partial charge in [-0.3, -0.25) is 4.79 Å². The van der Waals surface area contributed by atoms with Crippen LogP contribution in [0.5, 0.6) is 5.75 Å². The maximum absolute atomic E-state index is 12.5. The largest absolute Gasteiger partial charge is 0.495 e. The Bertz CT molecular complexity index is 465. The van der Waals surface area contributed by atoms with Crippen LogP contribution in [0, 0.1) is 0 Å². The number of anilines is 1. The minimum absolute atomic E-state index is 0.00940. The van der Waals surface area contributed by atoms with Gasteiger partial charge in [0.2, 0.25) is 0 Å². The number of methoxy groups -OCH3 is 1. The van der Waals surface area contributed by atoms with Crippen LogP contribution in [0.4, 0.5) is 5.69 Å². The van der Waals surface area contributed by atoms with Gasteiger partial charge < -0.3 is 15.4 Å². The molecule has 1 saturated heterocycles. The number of hydrogen-bond acceptors (Lipinski definition) is 4. The average molecular weight is 280 g/mol. The van der Waals surface area contributed by atoms with Crippen LogP contribution in [0.3, 0.4) is 0 Å². The van der Waals surface area contributed by atoms with E-state index in [2.05, 4.69) is 6.92 Å². The molecule has 1 amide bonds. The summed E-state index contributed by atoms with van der Waals surface area (Å²) in [7, 11) is 1.56. The van der Waals surface area contributed by atoms with Crippen LogP contribution >= 0.6 is 11.8 Å². The summed E-state index contributed by atoms with van der Waals surface area (Å²) in [5.41, 5.74) is 6.97. The van der Waals surface area contributed by atoms with Crippen molar-refractivity contribution in [1.29, 1.82) is 0 Å². The van der Waals surface area contributed by atoms with Crippen molar-refractivity contribution in [3.63, 3.8) is 0 Å². The lowest BCUT2D eigenvalue weighted by molar-refractivity contribution is 0.0761. The number of carbonyl (C=O) groups is 1. The molecule has 0 aromatic heterocycles. The van der Waals surface area contributed by atoms with E-state index >= 15 is 0 Å². The number of hydrogen-bond donors (Lipinski definition) is 1. The number of rotatable bonds is 3. The van der Waals surface area contributed by atoms with E-state index in [1.807, 2.05) is 16.7 Å². The zero-order valence-electron chi connectivity index (χ0n) is 11.4. The molecule has 0 spiro atoms. The fraction of sp³-hybridized carbons (Fsp3) is 0.500. The molecule has 1 aromatic rings. The summed E-state index contributed by atoms with van der Waals surface area (Å²) in [6.45, 7) is 3.75. The number of nitrogen functional groups attached to an aromatic ring is 1. The highest BCUT2D eigenvalue weighted by atomic mass is 32.2. The highest BCUT2D eigenvalue weighted by Crippen LogP contribution is 2.28. The highest BCUT2D eigenvalue weighted by molar-refractivity contribution is 8.00. The van der Waals surface area contributed by atoms with E-state index in [1.165, 1.54) is 0 Å². The van der Waals surface area contributed by atoms with Crippen LogP contribution in [0.1, 0.15) is 23.7 Å². The van der Waals surface area contributed by atoms with Crippen molar-refractivity contribution in [2.75, 3.05) is 31.7 Å². The lowest BCUT2D eigenvalue weighted by atomic mass is 10.1. The van der Waals surface area contributed by atoms with E-state index in [0.29, 0.717) is 22.3 Å².